The minimum absolute atomic E-state index is 0.278. The van der Waals surface area contributed by atoms with Gasteiger partial charge < -0.3 is 10.1 Å². The molecule has 1 saturated carbocycles. The number of thioether (sulfide) groups is 1. The molecular formula is C12H23NO2S. The number of nitrogens with one attached hydrogen (secondary N) is 1. The Bertz CT molecular complexity index is 230. The van der Waals surface area contributed by atoms with Crippen LogP contribution < -0.4 is 5.32 Å². The van der Waals surface area contributed by atoms with Gasteiger partial charge in [0.1, 0.15) is 5.60 Å². The molecule has 94 valence electrons. The highest BCUT2D eigenvalue weighted by atomic mass is 32.2. The van der Waals surface area contributed by atoms with E-state index in [0.29, 0.717) is 6.04 Å². The van der Waals surface area contributed by atoms with Gasteiger partial charge in [0, 0.05) is 11.3 Å². The van der Waals surface area contributed by atoms with Crippen molar-refractivity contribution in [2.45, 2.75) is 63.3 Å². The van der Waals surface area contributed by atoms with Crippen molar-refractivity contribution in [3.63, 3.8) is 0 Å². The molecule has 0 aliphatic heterocycles. The smallest absolute Gasteiger partial charge is 0.407 e. The average Bonchev–Trinajstić information content (AvgIpc) is 2.16. The molecular weight excluding hydrogens is 222 g/mol. The van der Waals surface area contributed by atoms with Gasteiger partial charge in [-0.25, -0.2) is 4.79 Å². The minimum Gasteiger partial charge on any atom is -0.444 e. The lowest BCUT2D eigenvalue weighted by Crippen LogP contribution is -2.41. The third-order valence-corrected chi connectivity index (χ3v) is 3.87. The highest BCUT2D eigenvalue weighted by molar-refractivity contribution is 7.99. The van der Waals surface area contributed by atoms with Crippen molar-refractivity contribution in [3.05, 3.63) is 0 Å². The van der Waals surface area contributed by atoms with Crippen molar-refractivity contribution in [1.29, 1.82) is 0 Å². The van der Waals surface area contributed by atoms with Gasteiger partial charge in [-0.05, 0) is 52.7 Å². The summed E-state index contributed by atoms with van der Waals surface area (Å²) < 4.78 is 5.24. The molecule has 3 nitrogen and oxygen atoms in total. The van der Waals surface area contributed by atoms with Crippen LogP contribution in [-0.2, 0) is 4.74 Å². The Morgan fingerprint density at radius 1 is 1.25 bits per heavy atom. The maximum Gasteiger partial charge on any atom is 0.407 e. The number of carbonyl (C=O) groups excluding carboxylic acids is 1. The van der Waals surface area contributed by atoms with Gasteiger partial charge in [-0.3, -0.25) is 0 Å². The van der Waals surface area contributed by atoms with Crippen molar-refractivity contribution in [3.8, 4) is 0 Å². The van der Waals surface area contributed by atoms with E-state index in [-0.39, 0.29) is 6.09 Å². The van der Waals surface area contributed by atoms with E-state index < -0.39 is 5.60 Å². The van der Waals surface area contributed by atoms with Crippen LogP contribution in [0.25, 0.3) is 0 Å². The van der Waals surface area contributed by atoms with E-state index in [4.69, 9.17) is 4.74 Å². The molecule has 0 aromatic heterocycles. The highest BCUT2D eigenvalue weighted by Gasteiger charge is 2.24. The number of ether oxygens (including phenoxy) is 1. The summed E-state index contributed by atoms with van der Waals surface area (Å²) in [5.74, 6) is 0. The summed E-state index contributed by atoms with van der Waals surface area (Å²) in [4.78, 5) is 11.5. The Balaban J connectivity index is 2.26. The van der Waals surface area contributed by atoms with Gasteiger partial charge in [-0.15, -0.1) is 0 Å². The van der Waals surface area contributed by atoms with Crippen LogP contribution in [-0.4, -0.2) is 29.2 Å². The molecule has 1 aliphatic carbocycles. The molecule has 1 aliphatic rings. The van der Waals surface area contributed by atoms with Crippen LogP contribution in [0, 0.1) is 0 Å². The molecule has 0 radical (unpaired) electrons. The van der Waals surface area contributed by atoms with Gasteiger partial charge >= 0.3 is 6.09 Å². The van der Waals surface area contributed by atoms with Crippen LogP contribution in [0.15, 0.2) is 0 Å². The summed E-state index contributed by atoms with van der Waals surface area (Å²) in [7, 11) is 0. The molecule has 0 atom stereocenters. The molecule has 0 aromatic carbocycles. The summed E-state index contributed by atoms with van der Waals surface area (Å²) in [5, 5.41) is 3.72. The molecule has 1 rings (SSSR count). The number of carbonyl (C=O) groups is 1. The zero-order valence-corrected chi connectivity index (χ0v) is 11.5. The summed E-state index contributed by atoms with van der Waals surface area (Å²) in [6, 6.07) is 0.304. The van der Waals surface area contributed by atoms with Gasteiger partial charge in [0.2, 0.25) is 0 Å². The molecule has 0 unspecified atom stereocenters. The summed E-state index contributed by atoms with van der Waals surface area (Å²) in [6.07, 6.45) is 6.42. The lowest BCUT2D eigenvalue weighted by atomic mass is 9.95. The molecule has 0 spiro atoms. The van der Waals surface area contributed by atoms with Crippen molar-refractivity contribution in [1.82, 2.24) is 5.32 Å². The van der Waals surface area contributed by atoms with Crippen LogP contribution >= 0.6 is 11.8 Å². The van der Waals surface area contributed by atoms with Gasteiger partial charge in [-0.2, -0.15) is 11.8 Å². The Kier molecular flexibility index (Phi) is 4.96. The van der Waals surface area contributed by atoms with Crippen molar-refractivity contribution >= 4 is 17.9 Å². The van der Waals surface area contributed by atoms with Crippen molar-refractivity contribution in [2.24, 2.45) is 0 Å². The number of amides is 1. The standard InChI is InChI=1S/C12H23NO2S/c1-12(2,3)15-11(14)13-9-5-7-10(16-4)8-6-9/h9-10H,5-8H2,1-4H3,(H,13,14)/t9-,10-. The Morgan fingerprint density at radius 3 is 2.25 bits per heavy atom. The Hall–Kier alpha value is -0.380. The second-order valence-electron chi connectivity index (χ2n) is 5.36. The Labute approximate surface area is 103 Å². The second kappa shape index (κ2) is 5.80. The SMILES string of the molecule is CS[C@H]1CC[C@H](NC(=O)OC(C)(C)C)CC1. The van der Waals surface area contributed by atoms with E-state index in [0.717, 1.165) is 18.1 Å². The number of alkyl carbamates (subject to hydrolysis) is 1. The number of rotatable bonds is 2. The van der Waals surface area contributed by atoms with E-state index in [1.54, 1.807) is 0 Å². The summed E-state index contributed by atoms with van der Waals surface area (Å²) in [6.45, 7) is 5.66. The maximum atomic E-state index is 11.5. The fourth-order valence-electron chi connectivity index (χ4n) is 1.92. The first-order chi connectivity index (χ1) is 7.40. The largest absolute Gasteiger partial charge is 0.444 e. The van der Waals surface area contributed by atoms with Crippen LogP contribution in [0.4, 0.5) is 4.79 Å². The van der Waals surface area contributed by atoms with Crippen LogP contribution in [0.2, 0.25) is 0 Å². The van der Waals surface area contributed by atoms with E-state index in [9.17, 15) is 4.79 Å². The fourth-order valence-corrected chi connectivity index (χ4v) is 2.66. The monoisotopic (exact) mass is 245 g/mol. The maximum absolute atomic E-state index is 11.5. The molecule has 1 amide bonds. The van der Waals surface area contributed by atoms with Gasteiger partial charge in [0.15, 0.2) is 0 Å². The lowest BCUT2D eigenvalue weighted by Gasteiger charge is -2.29. The number of hydrogen-bond acceptors (Lipinski definition) is 3. The molecule has 0 aromatic rings. The van der Waals surface area contributed by atoms with E-state index in [1.807, 2.05) is 32.5 Å². The third-order valence-electron chi connectivity index (χ3n) is 2.73. The van der Waals surface area contributed by atoms with E-state index in [1.165, 1.54) is 12.8 Å². The quantitative estimate of drug-likeness (QED) is 0.812. The van der Waals surface area contributed by atoms with E-state index in [2.05, 4.69) is 11.6 Å². The topological polar surface area (TPSA) is 38.3 Å². The Morgan fingerprint density at radius 2 is 1.81 bits per heavy atom. The van der Waals surface area contributed by atoms with Gasteiger partial charge in [0.05, 0.1) is 0 Å². The molecule has 0 heterocycles. The van der Waals surface area contributed by atoms with Crippen LogP contribution in [0.1, 0.15) is 46.5 Å². The molecule has 16 heavy (non-hydrogen) atoms. The lowest BCUT2D eigenvalue weighted by molar-refractivity contribution is 0.0494. The van der Waals surface area contributed by atoms with Gasteiger partial charge in [-0.1, -0.05) is 0 Å². The fraction of sp³-hybridized carbons (Fsp3) is 0.917. The first-order valence-corrected chi connectivity index (χ1v) is 7.22. The summed E-state index contributed by atoms with van der Waals surface area (Å²) in [5.41, 5.74) is -0.402. The predicted molar refractivity (Wildman–Crippen MR) is 68.9 cm³/mol. The minimum atomic E-state index is -0.402. The third kappa shape index (κ3) is 5.10. The average molecular weight is 245 g/mol. The first kappa shape index (κ1) is 13.7. The summed E-state index contributed by atoms with van der Waals surface area (Å²) >= 11 is 1.93. The normalized spacial score (nSPS) is 26.2. The molecule has 4 heteroatoms. The van der Waals surface area contributed by atoms with Gasteiger partial charge in [0.25, 0.3) is 0 Å². The molecule has 0 saturated heterocycles. The number of hydrogen-bond donors (Lipinski definition) is 1. The second-order valence-corrected chi connectivity index (χ2v) is 6.49. The van der Waals surface area contributed by atoms with Crippen LogP contribution in [0.5, 0.6) is 0 Å². The zero-order chi connectivity index (χ0) is 12.2. The van der Waals surface area contributed by atoms with Crippen LogP contribution in [0.3, 0.4) is 0 Å². The highest BCUT2D eigenvalue weighted by Crippen LogP contribution is 2.26. The molecule has 0 bridgehead atoms. The molecule has 1 N–H and O–H groups in total. The van der Waals surface area contributed by atoms with Crippen molar-refractivity contribution < 1.29 is 9.53 Å². The predicted octanol–water partition coefficient (Wildman–Crippen LogP) is 3.19. The first-order valence-electron chi connectivity index (χ1n) is 5.93. The molecule has 1 fully saturated rings. The van der Waals surface area contributed by atoms with Crippen molar-refractivity contribution in [2.75, 3.05) is 6.26 Å². The van der Waals surface area contributed by atoms with E-state index >= 15 is 0 Å². The zero-order valence-electron chi connectivity index (χ0n) is 10.7.